The van der Waals surface area contributed by atoms with Gasteiger partial charge in [-0.2, -0.15) is 5.10 Å². The third-order valence-corrected chi connectivity index (χ3v) is 3.33. The molecule has 1 aromatic carbocycles. The minimum Gasteiger partial charge on any atom is -0.268 e. The zero-order valence-corrected chi connectivity index (χ0v) is 11.6. The van der Waals surface area contributed by atoms with Crippen molar-refractivity contribution in [3.63, 3.8) is 0 Å². The van der Waals surface area contributed by atoms with Gasteiger partial charge in [0.15, 0.2) is 10.6 Å². The number of aromatic amines is 1. The van der Waals surface area contributed by atoms with Crippen LogP contribution in [0.3, 0.4) is 0 Å². The minimum absolute atomic E-state index is 0.0618. The lowest BCUT2D eigenvalue weighted by Gasteiger charge is -2.07. The average molecular weight is 307 g/mol. The zero-order chi connectivity index (χ0) is 14.1. The van der Waals surface area contributed by atoms with Crippen molar-refractivity contribution in [1.82, 2.24) is 19.7 Å². The number of nitrogens with one attached hydrogen (secondary N) is 1. The molecule has 0 atom stereocenters. The fourth-order valence-corrected chi connectivity index (χ4v) is 2.20. The summed E-state index contributed by atoms with van der Waals surface area (Å²) >= 11 is 10.9. The maximum atomic E-state index is 13.6. The van der Waals surface area contributed by atoms with E-state index in [1.807, 2.05) is 6.07 Å². The highest BCUT2D eigenvalue weighted by Gasteiger charge is 2.12. The molecule has 1 N–H and O–H groups in total. The second-order valence-corrected chi connectivity index (χ2v) is 4.82. The molecular formula is C13H8ClFN4S. The number of hydrogen-bond donors (Lipinski definition) is 1. The van der Waals surface area contributed by atoms with Gasteiger partial charge in [-0.15, -0.1) is 0 Å². The third-order valence-electron chi connectivity index (χ3n) is 2.75. The predicted molar refractivity (Wildman–Crippen MR) is 76.9 cm³/mol. The average Bonchev–Trinajstić information content (AvgIpc) is 2.85. The predicted octanol–water partition coefficient (Wildman–Crippen LogP) is 3.78. The Labute approximate surface area is 123 Å². The van der Waals surface area contributed by atoms with Gasteiger partial charge in [0.2, 0.25) is 0 Å². The van der Waals surface area contributed by atoms with Crippen LogP contribution in [0, 0.1) is 10.6 Å². The molecule has 0 saturated heterocycles. The Morgan fingerprint density at radius 3 is 2.85 bits per heavy atom. The Kier molecular flexibility index (Phi) is 3.33. The van der Waals surface area contributed by atoms with Gasteiger partial charge in [-0.05, 0) is 42.5 Å². The van der Waals surface area contributed by atoms with Crippen molar-refractivity contribution in [2.24, 2.45) is 0 Å². The molecule has 0 spiro atoms. The normalized spacial score (nSPS) is 10.7. The molecule has 0 aliphatic carbocycles. The van der Waals surface area contributed by atoms with Gasteiger partial charge in [-0.1, -0.05) is 11.6 Å². The van der Waals surface area contributed by atoms with Crippen LogP contribution >= 0.6 is 23.8 Å². The summed E-state index contributed by atoms with van der Waals surface area (Å²) in [5.41, 5.74) is 1.32. The molecule has 0 aliphatic rings. The summed E-state index contributed by atoms with van der Waals surface area (Å²) in [4.78, 5) is 4.04. The van der Waals surface area contributed by atoms with E-state index in [-0.39, 0.29) is 5.02 Å². The first-order valence-corrected chi connectivity index (χ1v) is 6.48. The van der Waals surface area contributed by atoms with Crippen molar-refractivity contribution in [1.29, 1.82) is 0 Å². The molecule has 20 heavy (non-hydrogen) atoms. The number of pyridine rings is 1. The summed E-state index contributed by atoms with van der Waals surface area (Å²) in [6.45, 7) is 0. The summed E-state index contributed by atoms with van der Waals surface area (Å²) in [6.07, 6.45) is 3.32. The van der Waals surface area contributed by atoms with E-state index in [1.54, 1.807) is 29.1 Å². The number of hydrogen-bond acceptors (Lipinski definition) is 3. The Morgan fingerprint density at radius 2 is 2.15 bits per heavy atom. The summed E-state index contributed by atoms with van der Waals surface area (Å²) in [5, 5.41) is 6.93. The SMILES string of the molecule is Fc1cc(-n2c(-c3cccnc3)n[nH]c2=S)ccc1Cl. The maximum absolute atomic E-state index is 13.6. The van der Waals surface area contributed by atoms with Gasteiger partial charge in [-0.3, -0.25) is 14.6 Å². The highest BCUT2D eigenvalue weighted by atomic mass is 35.5. The van der Waals surface area contributed by atoms with E-state index >= 15 is 0 Å². The molecule has 100 valence electrons. The van der Waals surface area contributed by atoms with Crippen molar-refractivity contribution in [3.8, 4) is 17.1 Å². The number of nitrogens with zero attached hydrogens (tertiary/aromatic N) is 3. The summed E-state index contributed by atoms with van der Waals surface area (Å²) in [5.74, 6) is 0.0502. The lowest BCUT2D eigenvalue weighted by Crippen LogP contribution is -1.98. The van der Waals surface area contributed by atoms with E-state index in [0.29, 0.717) is 16.3 Å². The van der Waals surface area contributed by atoms with Gasteiger partial charge >= 0.3 is 0 Å². The van der Waals surface area contributed by atoms with Crippen molar-refractivity contribution in [2.75, 3.05) is 0 Å². The Balaban J connectivity index is 2.22. The van der Waals surface area contributed by atoms with E-state index in [4.69, 9.17) is 23.8 Å². The molecule has 0 radical (unpaired) electrons. The molecule has 7 heteroatoms. The number of halogens is 2. The number of H-pyrrole nitrogens is 1. The van der Waals surface area contributed by atoms with Crippen LogP contribution < -0.4 is 0 Å². The van der Waals surface area contributed by atoms with Gasteiger partial charge in [0.25, 0.3) is 0 Å². The Hall–Kier alpha value is -2.05. The molecule has 4 nitrogen and oxygen atoms in total. The highest BCUT2D eigenvalue weighted by Crippen LogP contribution is 2.23. The summed E-state index contributed by atoms with van der Waals surface area (Å²) in [6, 6.07) is 8.11. The third kappa shape index (κ3) is 2.23. The largest absolute Gasteiger partial charge is 0.268 e. The maximum Gasteiger partial charge on any atom is 0.200 e. The van der Waals surface area contributed by atoms with E-state index in [1.165, 1.54) is 12.1 Å². The molecule has 2 heterocycles. The first-order valence-electron chi connectivity index (χ1n) is 5.70. The summed E-state index contributed by atoms with van der Waals surface area (Å²) < 4.78 is 15.6. The molecule has 0 bridgehead atoms. The van der Waals surface area contributed by atoms with Crippen molar-refractivity contribution in [3.05, 3.63) is 58.3 Å². The van der Waals surface area contributed by atoms with Gasteiger partial charge in [-0.25, -0.2) is 4.39 Å². The molecule has 0 fully saturated rings. The number of aromatic nitrogens is 4. The highest BCUT2D eigenvalue weighted by molar-refractivity contribution is 7.71. The van der Waals surface area contributed by atoms with Gasteiger partial charge in [0.1, 0.15) is 5.82 Å². The van der Waals surface area contributed by atoms with Gasteiger partial charge in [0, 0.05) is 18.0 Å². The first kappa shape index (κ1) is 13.0. The van der Waals surface area contributed by atoms with Crippen molar-refractivity contribution in [2.45, 2.75) is 0 Å². The monoisotopic (exact) mass is 306 g/mol. The molecule has 0 saturated carbocycles. The zero-order valence-electron chi connectivity index (χ0n) is 10.0. The van der Waals surface area contributed by atoms with E-state index in [9.17, 15) is 4.39 Å². The fraction of sp³-hybridized carbons (Fsp3) is 0. The number of rotatable bonds is 2. The van der Waals surface area contributed by atoms with E-state index in [0.717, 1.165) is 5.56 Å². The smallest absolute Gasteiger partial charge is 0.200 e. The van der Waals surface area contributed by atoms with Crippen LogP contribution in [-0.4, -0.2) is 19.7 Å². The summed E-state index contributed by atoms with van der Waals surface area (Å²) in [7, 11) is 0. The lowest BCUT2D eigenvalue weighted by molar-refractivity contribution is 0.627. The van der Waals surface area contributed by atoms with E-state index < -0.39 is 5.82 Å². The molecule has 0 aliphatic heterocycles. The topological polar surface area (TPSA) is 46.5 Å². The van der Waals surface area contributed by atoms with Crippen LogP contribution in [0.15, 0.2) is 42.7 Å². The van der Waals surface area contributed by atoms with Gasteiger partial charge < -0.3 is 0 Å². The number of benzene rings is 1. The Bertz CT molecular complexity index is 813. The molecule has 3 rings (SSSR count). The molecule has 0 unspecified atom stereocenters. The van der Waals surface area contributed by atoms with Crippen molar-refractivity contribution >= 4 is 23.8 Å². The molecular weight excluding hydrogens is 299 g/mol. The quantitative estimate of drug-likeness (QED) is 0.733. The van der Waals surface area contributed by atoms with Crippen molar-refractivity contribution < 1.29 is 4.39 Å². The van der Waals surface area contributed by atoms with Crippen LogP contribution in [0.2, 0.25) is 5.02 Å². The van der Waals surface area contributed by atoms with Crippen LogP contribution in [0.5, 0.6) is 0 Å². The fourth-order valence-electron chi connectivity index (χ4n) is 1.85. The standard InChI is InChI=1S/C13H8ClFN4S/c14-10-4-3-9(6-11(10)15)19-12(17-18-13(19)20)8-2-1-5-16-7-8/h1-7H,(H,18,20). The van der Waals surface area contributed by atoms with Crippen LogP contribution in [0.4, 0.5) is 4.39 Å². The first-order chi connectivity index (χ1) is 9.66. The van der Waals surface area contributed by atoms with Crippen LogP contribution in [0.25, 0.3) is 17.1 Å². The minimum atomic E-state index is -0.510. The molecule has 3 aromatic rings. The Morgan fingerprint density at radius 1 is 1.30 bits per heavy atom. The molecule has 0 amide bonds. The lowest BCUT2D eigenvalue weighted by atomic mass is 10.2. The van der Waals surface area contributed by atoms with E-state index in [2.05, 4.69) is 15.2 Å². The molecule has 2 aromatic heterocycles. The second kappa shape index (κ2) is 5.15. The van der Waals surface area contributed by atoms with Crippen LogP contribution in [-0.2, 0) is 0 Å². The van der Waals surface area contributed by atoms with Crippen LogP contribution in [0.1, 0.15) is 0 Å². The second-order valence-electron chi connectivity index (χ2n) is 4.03. The van der Waals surface area contributed by atoms with Gasteiger partial charge in [0.05, 0.1) is 10.7 Å².